The molecule has 492 valence electrons. The first-order chi connectivity index (χ1) is 41.3. The molecule has 0 aliphatic carbocycles. The van der Waals surface area contributed by atoms with Crippen LogP contribution in [0.1, 0.15) is 250 Å². The lowest BCUT2D eigenvalue weighted by atomic mass is 9.77. The molecular weight excluding hydrogens is 1110 g/mol. The van der Waals surface area contributed by atoms with Crippen LogP contribution in [-0.4, -0.2) is 101 Å². The molecule has 3 aliphatic rings. The predicted octanol–water partition coefficient (Wildman–Crippen LogP) is 19.8. The monoisotopic (exact) mass is 1230 g/mol. The summed E-state index contributed by atoms with van der Waals surface area (Å²) in [6.45, 7) is 44.8. The molecule has 6 rings (SSSR count). The predicted molar refractivity (Wildman–Crippen MR) is 370 cm³/mol. The second-order valence-corrected chi connectivity index (χ2v) is 30.4. The van der Waals surface area contributed by atoms with Gasteiger partial charge in [0.05, 0.1) is 6.54 Å². The maximum atomic E-state index is 13.5. The maximum absolute atomic E-state index is 13.5. The molecule has 3 heterocycles. The lowest BCUT2D eigenvalue weighted by Gasteiger charge is -2.45. The number of hydrogen-bond donors (Lipinski definition) is 0. The summed E-state index contributed by atoms with van der Waals surface area (Å²) in [6.07, 6.45) is 22.9. The highest BCUT2D eigenvalue weighted by atomic mass is 35.5. The molecule has 0 N–H and O–H groups in total. The first-order valence-electron chi connectivity index (χ1n) is 34.0. The zero-order chi connectivity index (χ0) is 65.5. The number of carbonyl (C=O) groups is 3. The first-order valence-corrected chi connectivity index (χ1v) is 34.4. The minimum atomic E-state index is -0.319. The summed E-state index contributed by atoms with van der Waals surface area (Å²) >= 11 is 6.13. The minimum Gasteiger partial charge on any atom is -0.459 e. The van der Waals surface area contributed by atoms with Crippen LogP contribution in [0.5, 0.6) is 0 Å². The van der Waals surface area contributed by atoms with E-state index in [9.17, 15) is 18.8 Å². The van der Waals surface area contributed by atoms with Crippen LogP contribution in [0.2, 0.25) is 5.02 Å². The number of unbranched alkanes of at least 4 members (excludes halogenated alkanes) is 2. The Labute approximate surface area is 541 Å². The number of rotatable bonds is 27. The van der Waals surface area contributed by atoms with Crippen LogP contribution in [0.4, 0.5) is 4.39 Å². The van der Waals surface area contributed by atoms with Crippen molar-refractivity contribution in [3.8, 4) is 0 Å². The van der Waals surface area contributed by atoms with Crippen molar-refractivity contribution in [1.82, 2.24) is 14.7 Å². The van der Waals surface area contributed by atoms with Gasteiger partial charge in [0, 0.05) is 68.6 Å². The zero-order valence-corrected chi connectivity index (χ0v) is 59.3. The molecule has 3 aromatic rings. The fourth-order valence-corrected chi connectivity index (χ4v) is 13.5. The number of benzene rings is 3. The molecule has 3 fully saturated rings. The Balaban J connectivity index is 0.000000288. The van der Waals surface area contributed by atoms with Crippen LogP contribution < -0.4 is 0 Å². The van der Waals surface area contributed by atoms with Crippen molar-refractivity contribution in [3.05, 3.63) is 141 Å². The number of halogens is 2. The summed E-state index contributed by atoms with van der Waals surface area (Å²) in [6, 6.07) is 26.9. The van der Waals surface area contributed by atoms with E-state index in [4.69, 9.17) is 21.1 Å². The minimum absolute atomic E-state index is 0.0285. The maximum Gasteiger partial charge on any atom is 0.306 e. The van der Waals surface area contributed by atoms with Gasteiger partial charge in [0.15, 0.2) is 0 Å². The number of esters is 2. The van der Waals surface area contributed by atoms with E-state index in [2.05, 4.69) is 200 Å². The third-order valence-electron chi connectivity index (χ3n) is 18.4. The van der Waals surface area contributed by atoms with Crippen molar-refractivity contribution in [1.29, 1.82) is 0 Å². The van der Waals surface area contributed by atoms with Crippen LogP contribution in [0.3, 0.4) is 0 Å². The number of allylic oxidation sites excluding steroid dienone is 3. The van der Waals surface area contributed by atoms with Gasteiger partial charge in [-0.25, -0.2) is 4.39 Å². The molecule has 8 nitrogen and oxygen atoms in total. The van der Waals surface area contributed by atoms with E-state index in [-0.39, 0.29) is 45.2 Å². The third-order valence-corrected chi connectivity index (χ3v) is 18.7. The Morgan fingerprint density at radius 1 is 0.545 bits per heavy atom. The topological polar surface area (TPSA) is 79.4 Å². The average Bonchev–Trinajstić information content (AvgIpc) is 1.89. The van der Waals surface area contributed by atoms with Gasteiger partial charge >= 0.3 is 11.9 Å². The summed E-state index contributed by atoms with van der Waals surface area (Å²) in [5, 5.41) is 0.780. The van der Waals surface area contributed by atoms with E-state index in [0.29, 0.717) is 55.1 Å². The van der Waals surface area contributed by atoms with Crippen LogP contribution in [-0.2, 0) is 40.1 Å². The van der Waals surface area contributed by atoms with Crippen LogP contribution in [0, 0.1) is 17.7 Å². The summed E-state index contributed by atoms with van der Waals surface area (Å²) in [5.74, 6) is 0.763. The van der Waals surface area contributed by atoms with Gasteiger partial charge in [-0.15, -0.1) is 0 Å². The molecule has 0 aromatic heterocycles. The molecule has 3 aromatic carbocycles. The Bertz CT molecular complexity index is 2510. The third kappa shape index (κ3) is 26.1. The van der Waals surface area contributed by atoms with Gasteiger partial charge in [-0.3, -0.25) is 29.1 Å². The van der Waals surface area contributed by atoms with Gasteiger partial charge < -0.3 is 9.47 Å². The second-order valence-electron chi connectivity index (χ2n) is 30.0. The van der Waals surface area contributed by atoms with E-state index < -0.39 is 0 Å². The number of ether oxygens (including phenoxy) is 2. The SMILES string of the molecule is CC(C)=CC(CC(C)(C)c1ccccc1)N1CCCC(=O)C1.CCCCC1(OC(=O)CC(C)C)CCN(C(C=C(C)C)CC(C)(C)c2ccc(Cl)cc2)CC1.CCCCC1(OC(=O)CC(C)C)CCN(C(C=C(C)C)CC(C)(C)c2ccc(F)cc2)CC1. The quantitative estimate of drug-likeness (QED) is 0.0552. The number of nitrogens with zero attached hydrogens (tertiary/aromatic N) is 3. The molecule has 10 heteroatoms. The van der Waals surface area contributed by atoms with Crippen molar-refractivity contribution >= 4 is 29.3 Å². The normalized spacial score (nSPS) is 17.7. The van der Waals surface area contributed by atoms with Crippen molar-refractivity contribution in [2.45, 2.75) is 279 Å². The number of piperidine rings is 3. The number of ketones is 1. The Morgan fingerprint density at radius 2 is 0.898 bits per heavy atom. The van der Waals surface area contributed by atoms with Crippen LogP contribution in [0.25, 0.3) is 0 Å². The molecule has 3 unspecified atom stereocenters. The van der Waals surface area contributed by atoms with Gasteiger partial charge in [-0.2, -0.15) is 0 Å². The largest absolute Gasteiger partial charge is 0.459 e. The molecule has 3 saturated heterocycles. The lowest BCUT2D eigenvalue weighted by molar-refractivity contribution is -0.168. The van der Waals surface area contributed by atoms with Crippen LogP contribution in [0.15, 0.2) is 114 Å². The summed E-state index contributed by atoms with van der Waals surface area (Å²) in [4.78, 5) is 44.5. The Hall–Kier alpha value is -4.41. The van der Waals surface area contributed by atoms with Crippen LogP contribution >= 0.6 is 11.6 Å². The van der Waals surface area contributed by atoms with Crippen molar-refractivity contribution in [2.75, 3.05) is 39.3 Å². The molecule has 0 spiro atoms. The van der Waals surface area contributed by atoms with Crippen molar-refractivity contribution < 1.29 is 28.2 Å². The molecule has 0 amide bonds. The summed E-state index contributed by atoms with van der Waals surface area (Å²) < 4.78 is 25.8. The summed E-state index contributed by atoms with van der Waals surface area (Å²) in [7, 11) is 0. The molecule has 88 heavy (non-hydrogen) atoms. The zero-order valence-electron chi connectivity index (χ0n) is 58.5. The highest BCUT2D eigenvalue weighted by Crippen LogP contribution is 2.40. The van der Waals surface area contributed by atoms with E-state index >= 15 is 0 Å². The van der Waals surface area contributed by atoms with Crippen molar-refractivity contribution in [2.24, 2.45) is 11.8 Å². The highest BCUT2D eigenvalue weighted by molar-refractivity contribution is 6.30. The Morgan fingerprint density at radius 3 is 1.24 bits per heavy atom. The molecule has 0 radical (unpaired) electrons. The number of Topliss-reactive ketones (excluding diaryl/α,β-unsaturated/α-hetero) is 1. The van der Waals surface area contributed by atoms with E-state index in [1.807, 2.05) is 24.3 Å². The average molecular weight is 1240 g/mol. The van der Waals surface area contributed by atoms with Gasteiger partial charge in [0.25, 0.3) is 0 Å². The first kappa shape index (κ1) is 76.0. The van der Waals surface area contributed by atoms with Gasteiger partial charge in [0.1, 0.15) is 22.8 Å². The van der Waals surface area contributed by atoms with Gasteiger partial charge in [0.2, 0.25) is 0 Å². The van der Waals surface area contributed by atoms with Crippen molar-refractivity contribution in [3.63, 3.8) is 0 Å². The number of likely N-dealkylation sites (tertiary alicyclic amines) is 3. The van der Waals surface area contributed by atoms with E-state index in [1.54, 1.807) is 12.1 Å². The number of hydrogen-bond acceptors (Lipinski definition) is 8. The molecule has 3 atom stereocenters. The highest BCUT2D eigenvalue weighted by Gasteiger charge is 2.42. The van der Waals surface area contributed by atoms with Gasteiger partial charge in [-0.05, 0) is 194 Å². The number of carbonyl (C=O) groups excluding carboxylic acids is 3. The fourth-order valence-electron chi connectivity index (χ4n) is 13.4. The van der Waals surface area contributed by atoms with E-state index in [1.165, 1.54) is 27.8 Å². The molecule has 0 saturated carbocycles. The Kier molecular flexibility index (Phi) is 31.1. The standard InChI is InChI=1S/C29H46ClNO2.C29H46FNO2.C20H29NO/c2*1-8-9-14-29(33-27(32)20-23(4)5)15-17-31(18-16-29)26(19-22(2)3)21-28(6,7)24-10-12-25(30)13-11-24;1-16(2)13-18(21-12-8-11-19(22)15-21)14-20(3,4)17-9-6-5-7-10-17/h2*10-13,19,23,26H,8-9,14-18,20-21H2,1-7H3;5-7,9-10,13,18H,8,11-12,14-15H2,1-4H3. The lowest BCUT2D eigenvalue weighted by Crippen LogP contribution is -2.51. The van der Waals surface area contributed by atoms with E-state index in [0.717, 1.165) is 140 Å². The molecule has 0 bridgehead atoms. The van der Waals surface area contributed by atoms with Gasteiger partial charge in [-0.1, -0.05) is 197 Å². The summed E-state index contributed by atoms with van der Waals surface area (Å²) in [5.41, 5.74) is 7.26. The second kappa shape index (κ2) is 36.0. The molecule has 3 aliphatic heterocycles. The molecular formula is C78H121ClFN3O5. The fraction of sp³-hybridized carbons (Fsp3) is 0.654. The smallest absolute Gasteiger partial charge is 0.306 e.